The van der Waals surface area contributed by atoms with Gasteiger partial charge in [-0.3, -0.25) is 4.90 Å². The van der Waals surface area contributed by atoms with Crippen LogP contribution in [0, 0.1) is 5.82 Å². The smallest absolute Gasteiger partial charge is 0.127 e. The molecule has 120 valence electrons. The largest absolute Gasteiger partial charge is 0.326 e. The molecule has 1 unspecified atom stereocenters. The molecule has 0 saturated heterocycles. The molecule has 0 aromatic heterocycles. The second-order valence-corrected chi connectivity index (χ2v) is 5.90. The Balaban J connectivity index is 3.10. The Labute approximate surface area is 133 Å². The number of hydrogen-bond acceptors (Lipinski definition) is 2. The summed E-state index contributed by atoms with van der Waals surface area (Å²) in [4.78, 5) is 2.40. The van der Waals surface area contributed by atoms with Crippen molar-refractivity contribution in [3.05, 3.63) is 34.6 Å². The molecule has 2 nitrogen and oxygen atoms in total. The molecule has 0 amide bonds. The van der Waals surface area contributed by atoms with Crippen molar-refractivity contribution in [2.45, 2.75) is 58.5 Å². The molecule has 0 heterocycles. The van der Waals surface area contributed by atoms with Gasteiger partial charge in [-0.2, -0.15) is 0 Å². The van der Waals surface area contributed by atoms with Gasteiger partial charge in [0, 0.05) is 22.2 Å². The lowest BCUT2D eigenvalue weighted by Gasteiger charge is -2.46. The average Bonchev–Trinajstić information content (AvgIpc) is 2.48. The maximum Gasteiger partial charge on any atom is 0.127 e. The van der Waals surface area contributed by atoms with E-state index in [0.29, 0.717) is 17.0 Å². The van der Waals surface area contributed by atoms with Crippen LogP contribution in [0.15, 0.2) is 18.2 Å². The van der Waals surface area contributed by atoms with E-state index in [1.807, 2.05) is 0 Å². The van der Waals surface area contributed by atoms with Gasteiger partial charge in [-0.25, -0.2) is 4.39 Å². The Bertz CT molecular complexity index is 422. The molecule has 0 spiro atoms. The minimum atomic E-state index is -0.265. The highest BCUT2D eigenvalue weighted by atomic mass is 35.5. The first kappa shape index (κ1) is 18.4. The van der Waals surface area contributed by atoms with E-state index in [-0.39, 0.29) is 17.4 Å². The molecule has 0 saturated carbocycles. The summed E-state index contributed by atoms with van der Waals surface area (Å²) in [5, 5.41) is 0.464. The summed E-state index contributed by atoms with van der Waals surface area (Å²) in [6, 6.07) is 4.65. The topological polar surface area (TPSA) is 29.3 Å². The molecule has 0 fully saturated rings. The number of hydrogen-bond donors (Lipinski definition) is 1. The van der Waals surface area contributed by atoms with Crippen molar-refractivity contribution >= 4 is 11.6 Å². The van der Waals surface area contributed by atoms with E-state index >= 15 is 0 Å². The zero-order valence-corrected chi connectivity index (χ0v) is 14.4. The normalized spacial score (nSPS) is 13.7. The van der Waals surface area contributed by atoms with Gasteiger partial charge in [0.25, 0.3) is 0 Å². The first-order chi connectivity index (χ1) is 9.96. The first-order valence-electron chi connectivity index (χ1n) is 7.90. The Morgan fingerprint density at radius 1 is 1.19 bits per heavy atom. The van der Waals surface area contributed by atoms with Gasteiger partial charge < -0.3 is 5.73 Å². The molecule has 1 rings (SSSR count). The van der Waals surface area contributed by atoms with E-state index in [1.165, 1.54) is 6.07 Å². The van der Waals surface area contributed by atoms with Crippen LogP contribution in [0.4, 0.5) is 4.39 Å². The second-order valence-electron chi connectivity index (χ2n) is 5.49. The van der Waals surface area contributed by atoms with Crippen LogP contribution in [0.5, 0.6) is 0 Å². The number of likely N-dealkylation sites (N-methyl/N-ethyl adjacent to an activating group) is 1. The van der Waals surface area contributed by atoms with Crippen LogP contribution < -0.4 is 5.73 Å². The molecule has 0 aliphatic carbocycles. The highest BCUT2D eigenvalue weighted by molar-refractivity contribution is 6.31. The van der Waals surface area contributed by atoms with Crippen LogP contribution in [0.1, 0.15) is 46.1 Å². The quantitative estimate of drug-likeness (QED) is 0.777. The maximum atomic E-state index is 14.0. The Morgan fingerprint density at radius 3 is 2.19 bits per heavy atom. The average molecular weight is 315 g/mol. The van der Waals surface area contributed by atoms with Gasteiger partial charge in [-0.05, 0) is 44.5 Å². The second kappa shape index (κ2) is 8.11. The predicted molar refractivity (Wildman–Crippen MR) is 89.3 cm³/mol. The van der Waals surface area contributed by atoms with Crippen molar-refractivity contribution in [2.75, 3.05) is 13.1 Å². The number of nitrogens with two attached hydrogens (primary N) is 1. The molecule has 1 aromatic rings. The molecule has 1 atom stereocenters. The molecule has 2 N–H and O–H groups in total. The van der Waals surface area contributed by atoms with Gasteiger partial charge in [0.05, 0.1) is 0 Å². The molecule has 0 aliphatic heterocycles. The van der Waals surface area contributed by atoms with Gasteiger partial charge in [0.15, 0.2) is 0 Å². The molecular weight excluding hydrogens is 287 g/mol. The minimum absolute atomic E-state index is 0.116. The van der Waals surface area contributed by atoms with Crippen LogP contribution >= 0.6 is 11.6 Å². The van der Waals surface area contributed by atoms with Crippen molar-refractivity contribution in [3.8, 4) is 0 Å². The molecule has 0 bridgehead atoms. The zero-order chi connectivity index (χ0) is 16.0. The van der Waals surface area contributed by atoms with E-state index < -0.39 is 0 Å². The van der Waals surface area contributed by atoms with E-state index in [2.05, 4.69) is 32.6 Å². The van der Waals surface area contributed by atoms with Gasteiger partial charge in [-0.15, -0.1) is 0 Å². The van der Waals surface area contributed by atoms with Gasteiger partial charge >= 0.3 is 0 Å². The summed E-state index contributed by atoms with van der Waals surface area (Å²) < 4.78 is 14.0. The zero-order valence-electron chi connectivity index (χ0n) is 13.6. The van der Waals surface area contributed by atoms with Gasteiger partial charge in [0.2, 0.25) is 0 Å². The van der Waals surface area contributed by atoms with Crippen molar-refractivity contribution in [1.29, 1.82) is 0 Å². The standard InChI is InChI=1S/C17H28ClFN2/c1-5-17(6-2,21(7-3)8-4)16(20)12-13-14(18)10-9-11-15(13)19/h9-11,16H,5-8,12,20H2,1-4H3. The fourth-order valence-corrected chi connectivity index (χ4v) is 3.69. The highest BCUT2D eigenvalue weighted by Gasteiger charge is 2.38. The lowest BCUT2D eigenvalue weighted by atomic mass is 9.80. The summed E-state index contributed by atoms with van der Waals surface area (Å²) in [7, 11) is 0. The fraction of sp³-hybridized carbons (Fsp3) is 0.647. The summed E-state index contributed by atoms with van der Waals surface area (Å²) >= 11 is 6.15. The molecule has 4 heteroatoms. The van der Waals surface area contributed by atoms with Crippen LogP contribution in [-0.4, -0.2) is 29.6 Å². The summed E-state index contributed by atoms with van der Waals surface area (Å²) in [6.07, 6.45) is 2.35. The SMILES string of the molecule is CCN(CC)C(CC)(CC)C(N)Cc1c(F)cccc1Cl. The fourth-order valence-electron chi connectivity index (χ4n) is 3.45. The number of halogens is 2. The van der Waals surface area contributed by atoms with Crippen molar-refractivity contribution in [2.24, 2.45) is 5.73 Å². The molecule has 0 aliphatic rings. The Kier molecular flexibility index (Phi) is 7.11. The van der Waals surface area contributed by atoms with E-state index in [9.17, 15) is 4.39 Å². The van der Waals surface area contributed by atoms with Crippen LogP contribution in [0.25, 0.3) is 0 Å². The number of benzene rings is 1. The first-order valence-corrected chi connectivity index (χ1v) is 8.28. The molecule has 0 radical (unpaired) electrons. The van der Waals surface area contributed by atoms with E-state index in [1.54, 1.807) is 12.1 Å². The predicted octanol–water partition coefficient (Wildman–Crippen LogP) is 4.25. The monoisotopic (exact) mass is 314 g/mol. The number of rotatable bonds is 8. The van der Waals surface area contributed by atoms with Crippen molar-refractivity contribution < 1.29 is 4.39 Å². The summed E-state index contributed by atoms with van der Waals surface area (Å²) in [5.41, 5.74) is 6.95. The van der Waals surface area contributed by atoms with E-state index in [4.69, 9.17) is 17.3 Å². The van der Waals surface area contributed by atoms with E-state index in [0.717, 1.165) is 25.9 Å². The highest BCUT2D eigenvalue weighted by Crippen LogP contribution is 2.31. The molecule has 1 aromatic carbocycles. The van der Waals surface area contributed by atoms with Gasteiger partial charge in [-0.1, -0.05) is 45.4 Å². The van der Waals surface area contributed by atoms with Crippen LogP contribution in [-0.2, 0) is 6.42 Å². The Hall–Kier alpha value is -0.640. The minimum Gasteiger partial charge on any atom is -0.326 e. The Morgan fingerprint density at radius 2 is 1.76 bits per heavy atom. The lowest BCUT2D eigenvalue weighted by Crippen LogP contribution is -2.60. The lowest BCUT2D eigenvalue weighted by molar-refractivity contribution is 0.0626. The van der Waals surface area contributed by atoms with Gasteiger partial charge in [0.1, 0.15) is 5.82 Å². The van der Waals surface area contributed by atoms with Crippen LogP contribution in [0.3, 0.4) is 0 Å². The third kappa shape index (κ3) is 3.77. The summed E-state index contributed by atoms with van der Waals surface area (Å²) in [6.45, 7) is 10.5. The molecular formula is C17H28ClFN2. The van der Waals surface area contributed by atoms with Crippen molar-refractivity contribution in [1.82, 2.24) is 4.90 Å². The summed E-state index contributed by atoms with van der Waals surface area (Å²) in [5.74, 6) is -0.265. The third-order valence-corrected chi connectivity index (χ3v) is 5.15. The third-order valence-electron chi connectivity index (χ3n) is 4.79. The number of nitrogens with zero attached hydrogens (tertiary/aromatic N) is 1. The molecule has 21 heavy (non-hydrogen) atoms. The van der Waals surface area contributed by atoms with Crippen molar-refractivity contribution in [3.63, 3.8) is 0 Å². The van der Waals surface area contributed by atoms with Crippen LogP contribution in [0.2, 0.25) is 5.02 Å². The maximum absolute atomic E-state index is 14.0.